The molecular formula is C10H17F3N2OSi. The van der Waals surface area contributed by atoms with Gasteiger partial charge in [0, 0.05) is 14.7 Å². The number of aromatic nitrogens is 2. The predicted octanol–water partition coefficient (Wildman–Crippen LogP) is 3.28. The highest BCUT2D eigenvalue weighted by Gasteiger charge is 2.32. The quantitative estimate of drug-likeness (QED) is 0.656. The van der Waals surface area contributed by atoms with Gasteiger partial charge in [-0.15, -0.1) is 0 Å². The normalized spacial score (nSPS) is 13.1. The van der Waals surface area contributed by atoms with Crippen LogP contribution < -0.4 is 0 Å². The van der Waals surface area contributed by atoms with Crippen molar-refractivity contribution in [3.8, 4) is 0 Å². The molecular weight excluding hydrogens is 249 g/mol. The van der Waals surface area contributed by atoms with E-state index in [1.807, 2.05) is 0 Å². The van der Waals surface area contributed by atoms with Gasteiger partial charge in [-0.05, 0) is 6.04 Å². The average Bonchev–Trinajstić information content (AvgIpc) is 2.58. The molecule has 0 aromatic carbocycles. The van der Waals surface area contributed by atoms with E-state index in [9.17, 15) is 13.2 Å². The maximum Gasteiger partial charge on any atom is 0.432 e. The van der Waals surface area contributed by atoms with Crippen LogP contribution in [0.4, 0.5) is 13.2 Å². The number of nitrogens with zero attached hydrogens (tertiary/aromatic N) is 1. The van der Waals surface area contributed by atoms with Gasteiger partial charge in [0.05, 0.1) is 6.20 Å². The van der Waals surface area contributed by atoms with Gasteiger partial charge in [0.25, 0.3) is 0 Å². The van der Waals surface area contributed by atoms with Gasteiger partial charge in [-0.3, -0.25) is 0 Å². The van der Waals surface area contributed by atoms with Gasteiger partial charge in [0.15, 0.2) is 0 Å². The van der Waals surface area contributed by atoms with Crippen molar-refractivity contribution in [3.05, 3.63) is 17.7 Å². The zero-order valence-corrected chi connectivity index (χ0v) is 11.2. The van der Waals surface area contributed by atoms with E-state index in [-0.39, 0.29) is 12.4 Å². The van der Waals surface area contributed by atoms with Crippen LogP contribution in [0.15, 0.2) is 6.20 Å². The first kappa shape index (κ1) is 14.2. The van der Waals surface area contributed by atoms with E-state index in [2.05, 4.69) is 29.6 Å². The summed E-state index contributed by atoms with van der Waals surface area (Å²) in [6, 6.07) is 0.986. The molecule has 98 valence electrons. The lowest BCUT2D eigenvalue weighted by Crippen LogP contribution is -2.21. The molecule has 7 heteroatoms. The molecule has 0 atom stereocenters. The van der Waals surface area contributed by atoms with E-state index in [4.69, 9.17) is 4.74 Å². The summed E-state index contributed by atoms with van der Waals surface area (Å²) in [6.07, 6.45) is -3.58. The minimum Gasteiger partial charge on any atom is -0.374 e. The fraction of sp³-hybridized carbons (Fsp3) is 0.700. The Morgan fingerprint density at radius 2 is 2.00 bits per heavy atom. The van der Waals surface area contributed by atoms with Crippen LogP contribution in [0.1, 0.15) is 11.5 Å². The Labute approximate surface area is 99.4 Å². The summed E-state index contributed by atoms with van der Waals surface area (Å²) in [5.41, 5.74) is -0.832. The number of hydrogen-bond acceptors (Lipinski definition) is 2. The maximum absolute atomic E-state index is 12.2. The van der Waals surface area contributed by atoms with Crippen LogP contribution in [-0.2, 0) is 17.5 Å². The summed E-state index contributed by atoms with van der Waals surface area (Å²) in [7, 11) is -1.16. The first-order valence-electron chi connectivity index (χ1n) is 5.37. The SMILES string of the molecule is C[Si](C)(C)CCOCc1ncc(C(F)(F)F)[nH]1. The Bertz CT molecular complexity index is 357. The summed E-state index contributed by atoms with van der Waals surface area (Å²) in [5, 5.41) is 0. The van der Waals surface area contributed by atoms with Crippen molar-refractivity contribution in [2.24, 2.45) is 0 Å². The summed E-state index contributed by atoms with van der Waals surface area (Å²) in [6.45, 7) is 7.30. The molecule has 0 fully saturated rings. The molecule has 0 radical (unpaired) electrons. The molecule has 0 saturated carbocycles. The van der Waals surface area contributed by atoms with Crippen LogP contribution in [0.25, 0.3) is 0 Å². The number of nitrogens with one attached hydrogen (secondary N) is 1. The van der Waals surface area contributed by atoms with Crippen molar-refractivity contribution in [3.63, 3.8) is 0 Å². The molecule has 0 saturated heterocycles. The van der Waals surface area contributed by atoms with E-state index < -0.39 is 19.9 Å². The third-order valence-electron chi connectivity index (χ3n) is 2.17. The Morgan fingerprint density at radius 3 is 2.47 bits per heavy atom. The molecule has 0 aliphatic heterocycles. The van der Waals surface area contributed by atoms with Crippen molar-refractivity contribution in [2.75, 3.05) is 6.61 Å². The van der Waals surface area contributed by atoms with Gasteiger partial charge in [0.1, 0.15) is 18.1 Å². The second-order valence-corrected chi connectivity index (χ2v) is 10.7. The first-order chi connectivity index (χ1) is 7.68. The Morgan fingerprint density at radius 1 is 1.35 bits per heavy atom. The molecule has 0 bridgehead atoms. The number of alkyl halides is 3. The molecule has 0 amide bonds. The Hall–Kier alpha value is -0.823. The highest BCUT2D eigenvalue weighted by atomic mass is 28.3. The third-order valence-corrected chi connectivity index (χ3v) is 3.87. The number of halogens is 3. The number of ether oxygens (including phenoxy) is 1. The van der Waals surface area contributed by atoms with Gasteiger partial charge in [-0.2, -0.15) is 13.2 Å². The van der Waals surface area contributed by atoms with Gasteiger partial charge in [-0.25, -0.2) is 4.98 Å². The van der Waals surface area contributed by atoms with Crippen molar-refractivity contribution in [2.45, 2.75) is 38.5 Å². The minimum absolute atomic E-state index is 0.0978. The Balaban J connectivity index is 2.36. The average molecular weight is 266 g/mol. The van der Waals surface area contributed by atoms with E-state index in [1.165, 1.54) is 0 Å². The molecule has 0 aliphatic carbocycles. The van der Waals surface area contributed by atoms with Crippen LogP contribution in [-0.4, -0.2) is 24.6 Å². The third kappa shape index (κ3) is 5.36. The molecule has 1 aromatic heterocycles. The predicted molar refractivity (Wildman–Crippen MR) is 61.4 cm³/mol. The van der Waals surface area contributed by atoms with Crippen LogP contribution in [0, 0.1) is 0 Å². The number of rotatable bonds is 5. The molecule has 0 aliphatic rings. The van der Waals surface area contributed by atoms with E-state index in [0.29, 0.717) is 6.61 Å². The Kier molecular flexibility index (Phi) is 4.37. The molecule has 1 rings (SSSR count). The zero-order valence-electron chi connectivity index (χ0n) is 10.2. The molecule has 1 heterocycles. The second kappa shape index (κ2) is 5.22. The summed E-state index contributed by atoms with van der Waals surface area (Å²) in [5.74, 6) is 0.216. The zero-order chi connectivity index (χ0) is 13.1. The fourth-order valence-corrected chi connectivity index (χ4v) is 1.88. The van der Waals surface area contributed by atoms with Gasteiger partial charge in [0.2, 0.25) is 0 Å². The molecule has 1 N–H and O–H groups in total. The van der Waals surface area contributed by atoms with Crippen molar-refractivity contribution in [1.29, 1.82) is 0 Å². The minimum atomic E-state index is -4.37. The summed E-state index contributed by atoms with van der Waals surface area (Å²) in [4.78, 5) is 5.83. The fourth-order valence-electron chi connectivity index (χ4n) is 1.13. The van der Waals surface area contributed by atoms with Crippen LogP contribution in [0.2, 0.25) is 25.7 Å². The highest BCUT2D eigenvalue weighted by Crippen LogP contribution is 2.27. The number of H-pyrrole nitrogens is 1. The molecule has 1 aromatic rings. The maximum atomic E-state index is 12.2. The number of imidazole rings is 1. The molecule has 3 nitrogen and oxygen atoms in total. The first-order valence-corrected chi connectivity index (χ1v) is 9.08. The van der Waals surface area contributed by atoms with Crippen molar-refractivity contribution in [1.82, 2.24) is 9.97 Å². The highest BCUT2D eigenvalue weighted by molar-refractivity contribution is 6.76. The molecule has 17 heavy (non-hydrogen) atoms. The van der Waals surface area contributed by atoms with Crippen molar-refractivity contribution < 1.29 is 17.9 Å². The molecule has 0 unspecified atom stereocenters. The second-order valence-electron chi connectivity index (χ2n) is 5.10. The summed E-state index contributed by atoms with van der Waals surface area (Å²) < 4.78 is 42.0. The number of hydrogen-bond donors (Lipinski definition) is 1. The number of aromatic amines is 1. The monoisotopic (exact) mass is 266 g/mol. The largest absolute Gasteiger partial charge is 0.432 e. The van der Waals surface area contributed by atoms with E-state index in [1.54, 1.807) is 0 Å². The van der Waals surface area contributed by atoms with Gasteiger partial charge in [-0.1, -0.05) is 19.6 Å². The summed E-state index contributed by atoms with van der Waals surface area (Å²) >= 11 is 0. The smallest absolute Gasteiger partial charge is 0.374 e. The van der Waals surface area contributed by atoms with E-state index >= 15 is 0 Å². The van der Waals surface area contributed by atoms with Crippen LogP contribution in [0.5, 0.6) is 0 Å². The lowest BCUT2D eigenvalue weighted by atomic mass is 10.5. The lowest BCUT2D eigenvalue weighted by Gasteiger charge is -2.14. The van der Waals surface area contributed by atoms with Crippen LogP contribution >= 0.6 is 0 Å². The van der Waals surface area contributed by atoms with Crippen molar-refractivity contribution >= 4 is 8.07 Å². The van der Waals surface area contributed by atoms with E-state index in [0.717, 1.165) is 12.2 Å². The van der Waals surface area contributed by atoms with Gasteiger partial charge < -0.3 is 9.72 Å². The molecule has 0 spiro atoms. The lowest BCUT2D eigenvalue weighted by molar-refractivity contribution is -0.141. The van der Waals surface area contributed by atoms with Gasteiger partial charge >= 0.3 is 6.18 Å². The topological polar surface area (TPSA) is 37.9 Å². The van der Waals surface area contributed by atoms with Crippen LogP contribution in [0.3, 0.4) is 0 Å². The standard InChI is InChI=1S/C10H17F3N2OSi/c1-17(2,3)5-4-16-7-9-14-6-8(15-9)10(11,12)13/h6H,4-5,7H2,1-3H3,(H,14,15).